The van der Waals surface area contributed by atoms with Crippen molar-refractivity contribution in [1.82, 2.24) is 4.57 Å². The summed E-state index contributed by atoms with van der Waals surface area (Å²) in [6.07, 6.45) is 3.39. The SMILES string of the molecule is O=C(O)c1cn(C2CC2)c2cc(NC(C3CCCO3)S(=O)(=O)c3ccccc3)c(F)cc2c1=O. The number of halogens is 1. The molecular weight excluding hydrogens is 463 g/mol. The second kappa shape index (κ2) is 8.52. The molecule has 1 aliphatic carbocycles. The number of pyridine rings is 1. The summed E-state index contributed by atoms with van der Waals surface area (Å²) in [4.78, 5) is 24.3. The zero-order valence-electron chi connectivity index (χ0n) is 18.1. The van der Waals surface area contributed by atoms with Crippen molar-refractivity contribution in [3.8, 4) is 0 Å². The number of rotatable bonds is 7. The Hall–Kier alpha value is -3.24. The standard InChI is InChI=1S/C24H23FN2O6S/c25-18-11-16-20(27(14-8-9-14)13-17(22(16)28)24(29)30)12-19(18)26-23(21-7-4-10-33-21)34(31,32)15-5-2-1-3-6-15/h1-3,5-6,11-14,21,23,26H,4,7-10H2,(H,29,30). The average molecular weight is 487 g/mol. The number of carboxylic acids is 1. The van der Waals surface area contributed by atoms with Crippen LogP contribution in [0, 0.1) is 5.82 Å². The molecule has 2 atom stereocenters. The number of hydrogen-bond acceptors (Lipinski definition) is 6. The van der Waals surface area contributed by atoms with Gasteiger partial charge in [0, 0.05) is 24.2 Å². The van der Waals surface area contributed by atoms with Gasteiger partial charge in [-0.05, 0) is 49.9 Å². The Morgan fingerprint density at radius 2 is 1.91 bits per heavy atom. The predicted molar refractivity (Wildman–Crippen MR) is 123 cm³/mol. The maximum atomic E-state index is 15.2. The third kappa shape index (κ3) is 3.97. The van der Waals surface area contributed by atoms with E-state index in [9.17, 15) is 23.1 Å². The molecule has 2 aromatic carbocycles. The highest BCUT2D eigenvalue weighted by Gasteiger charge is 2.38. The molecule has 2 fully saturated rings. The number of aromatic carboxylic acids is 1. The zero-order chi connectivity index (χ0) is 24.0. The van der Waals surface area contributed by atoms with Crippen molar-refractivity contribution >= 4 is 32.4 Å². The molecule has 1 aromatic heterocycles. The molecule has 0 radical (unpaired) electrons. The number of nitrogens with zero attached hydrogens (tertiary/aromatic N) is 1. The number of benzene rings is 2. The van der Waals surface area contributed by atoms with Crippen molar-refractivity contribution in [2.24, 2.45) is 0 Å². The molecule has 1 saturated heterocycles. The first-order valence-electron chi connectivity index (χ1n) is 11.1. The molecule has 2 N–H and O–H groups in total. The van der Waals surface area contributed by atoms with E-state index >= 15 is 4.39 Å². The van der Waals surface area contributed by atoms with Gasteiger partial charge in [-0.25, -0.2) is 17.6 Å². The first-order valence-corrected chi connectivity index (χ1v) is 12.6. The lowest BCUT2D eigenvalue weighted by Crippen LogP contribution is -2.40. The van der Waals surface area contributed by atoms with Crippen LogP contribution < -0.4 is 10.7 Å². The van der Waals surface area contributed by atoms with Gasteiger partial charge < -0.3 is 19.7 Å². The van der Waals surface area contributed by atoms with Gasteiger partial charge in [0.15, 0.2) is 5.37 Å². The Kier molecular flexibility index (Phi) is 5.65. The van der Waals surface area contributed by atoms with E-state index in [1.807, 2.05) is 0 Å². The van der Waals surface area contributed by atoms with Crippen LogP contribution in [0.15, 0.2) is 58.4 Å². The Balaban J connectivity index is 1.63. The zero-order valence-corrected chi connectivity index (χ0v) is 18.9. The van der Waals surface area contributed by atoms with Crippen LogP contribution in [-0.2, 0) is 14.6 Å². The molecule has 178 valence electrons. The third-order valence-electron chi connectivity index (χ3n) is 6.30. The van der Waals surface area contributed by atoms with Gasteiger partial charge in [-0.3, -0.25) is 4.79 Å². The van der Waals surface area contributed by atoms with Crippen molar-refractivity contribution in [2.75, 3.05) is 11.9 Å². The number of fused-ring (bicyclic) bond motifs is 1. The van der Waals surface area contributed by atoms with Gasteiger partial charge >= 0.3 is 5.97 Å². The molecule has 0 bridgehead atoms. The predicted octanol–water partition coefficient (Wildman–Crippen LogP) is 3.56. The monoisotopic (exact) mass is 486 g/mol. The number of anilines is 1. The van der Waals surface area contributed by atoms with Crippen molar-refractivity contribution in [1.29, 1.82) is 0 Å². The molecule has 1 saturated carbocycles. The first kappa shape index (κ1) is 22.5. The highest BCUT2D eigenvalue weighted by atomic mass is 32.2. The Bertz CT molecular complexity index is 1430. The highest BCUT2D eigenvalue weighted by molar-refractivity contribution is 7.92. The van der Waals surface area contributed by atoms with E-state index in [0.717, 1.165) is 18.9 Å². The van der Waals surface area contributed by atoms with Crippen molar-refractivity contribution in [3.63, 3.8) is 0 Å². The number of carbonyl (C=O) groups is 1. The lowest BCUT2D eigenvalue weighted by atomic mass is 10.1. The number of aromatic nitrogens is 1. The summed E-state index contributed by atoms with van der Waals surface area (Å²) >= 11 is 0. The number of ether oxygens (including phenoxy) is 1. The quantitative estimate of drug-likeness (QED) is 0.525. The molecule has 10 heteroatoms. The van der Waals surface area contributed by atoms with Gasteiger partial charge in [-0.2, -0.15) is 0 Å². The van der Waals surface area contributed by atoms with Crippen LogP contribution in [0.25, 0.3) is 10.9 Å². The van der Waals surface area contributed by atoms with E-state index in [-0.39, 0.29) is 22.0 Å². The van der Waals surface area contributed by atoms with Gasteiger partial charge in [-0.15, -0.1) is 0 Å². The lowest BCUT2D eigenvalue weighted by molar-refractivity contribution is 0.0694. The molecule has 34 heavy (non-hydrogen) atoms. The van der Waals surface area contributed by atoms with Crippen LogP contribution in [0.2, 0.25) is 0 Å². The Morgan fingerprint density at radius 3 is 2.53 bits per heavy atom. The number of nitrogens with one attached hydrogen (secondary N) is 1. The fourth-order valence-electron chi connectivity index (χ4n) is 4.41. The maximum absolute atomic E-state index is 15.2. The summed E-state index contributed by atoms with van der Waals surface area (Å²) in [5.74, 6) is -2.22. The Labute approximate surface area is 194 Å². The summed E-state index contributed by atoms with van der Waals surface area (Å²) in [6.45, 7) is 0.409. The van der Waals surface area contributed by atoms with Crippen LogP contribution in [0.5, 0.6) is 0 Å². The molecule has 2 aliphatic rings. The van der Waals surface area contributed by atoms with Crippen LogP contribution in [-0.4, -0.2) is 42.1 Å². The number of hydrogen-bond donors (Lipinski definition) is 2. The summed E-state index contributed by atoms with van der Waals surface area (Å²) in [6, 6.07) is 10.3. The van der Waals surface area contributed by atoms with Crippen molar-refractivity contribution in [2.45, 2.75) is 48.1 Å². The first-order chi connectivity index (χ1) is 16.3. The fourth-order valence-corrected chi connectivity index (χ4v) is 6.14. The molecule has 2 unspecified atom stereocenters. The van der Waals surface area contributed by atoms with E-state index in [0.29, 0.717) is 25.0 Å². The maximum Gasteiger partial charge on any atom is 0.341 e. The molecular formula is C24H23FN2O6S. The third-order valence-corrected chi connectivity index (χ3v) is 8.32. The highest BCUT2D eigenvalue weighted by Crippen LogP contribution is 2.38. The molecule has 0 spiro atoms. The van der Waals surface area contributed by atoms with Gasteiger partial charge in [0.2, 0.25) is 15.3 Å². The Morgan fingerprint density at radius 1 is 1.18 bits per heavy atom. The molecule has 2 heterocycles. The molecule has 0 amide bonds. The average Bonchev–Trinajstić information content (AvgIpc) is 3.52. The van der Waals surface area contributed by atoms with Gasteiger partial charge in [0.1, 0.15) is 11.4 Å². The van der Waals surface area contributed by atoms with Gasteiger partial charge in [0.25, 0.3) is 0 Å². The molecule has 3 aromatic rings. The van der Waals surface area contributed by atoms with Crippen molar-refractivity contribution in [3.05, 3.63) is 70.3 Å². The molecule has 8 nitrogen and oxygen atoms in total. The van der Waals surface area contributed by atoms with E-state index in [1.165, 1.54) is 24.4 Å². The minimum atomic E-state index is -3.94. The topological polar surface area (TPSA) is 115 Å². The van der Waals surface area contributed by atoms with Crippen molar-refractivity contribution < 1.29 is 27.4 Å². The fraction of sp³-hybridized carbons (Fsp3) is 0.333. The normalized spacial score (nSPS) is 19.3. The molecule has 1 aliphatic heterocycles. The second-order valence-electron chi connectivity index (χ2n) is 8.64. The largest absolute Gasteiger partial charge is 0.477 e. The van der Waals surface area contributed by atoms with Crippen LogP contribution in [0.4, 0.5) is 10.1 Å². The van der Waals surface area contributed by atoms with E-state index in [2.05, 4.69) is 5.32 Å². The summed E-state index contributed by atoms with van der Waals surface area (Å²) < 4.78 is 49.5. The van der Waals surface area contributed by atoms with Crippen LogP contribution >= 0.6 is 0 Å². The summed E-state index contributed by atoms with van der Waals surface area (Å²) in [7, 11) is -3.94. The molecule has 5 rings (SSSR count). The minimum Gasteiger partial charge on any atom is -0.477 e. The van der Waals surface area contributed by atoms with Gasteiger partial charge in [-0.1, -0.05) is 18.2 Å². The second-order valence-corrected chi connectivity index (χ2v) is 10.7. The van der Waals surface area contributed by atoms with Crippen LogP contribution in [0.1, 0.15) is 42.1 Å². The lowest BCUT2D eigenvalue weighted by Gasteiger charge is -2.26. The summed E-state index contributed by atoms with van der Waals surface area (Å²) in [5, 5.41) is 11.0. The van der Waals surface area contributed by atoms with Gasteiger partial charge in [0.05, 0.1) is 22.2 Å². The summed E-state index contributed by atoms with van der Waals surface area (Å²) in [5.41, 5.74) is -0.949. The number of carboxylic acid groups (broad SMARTS) is 1. The minimum absolute atomic E-state index is 0.00141. The van der Waals surface area contributed by atoms with Crippen LogP contribution in [0.3, 0.4) is 0 Å². The smallest absolute Gasteiger partial charge is 0.341 e. The van der Waals surface area contributed by atoms with E-state index < -0.39 is 44.1 Å². The van der Waals surface area contributed by atoms with E-state index in [1.54, 1.807) is 22.8 Å². The number of sulfone groups is 1. The van der Waals surface area contributed by atoms with E-state index in [4.69, 9.17) is 4.74 Å².